The Bertz CT molecular complexity index is 262. The second kappa shape index (κ2) is 3.72. The molecule has 2 N–H and O–H groups in total. The van der Waals surface area contributed by atoms with E-state index in [1.165, 1.54) is 11.3 Å². The molecule has 0 spiro atoms. The first-order chi connectivity index (χ1) is 5.15. The van der Waals surface area contributed by atoms with Crippen LogP contribution in [-0.2, 0) is 0 Å². The van der Waals surface area contributed by atoms with Crippen molar-refractivity contribution < 1.29 is 0 Å². The molecule has 4 heteroatoms. The summed E-state index contributed by atoms with van der Waals surface area (Å²) in [6.45, 7) is 4.28. The molecule has 1 aromatic rings. The van der Waals surface area contributed by atoms with Crippen LogP contribution in [0.3, 0.4) is 0 Å². The Morgan fingerprint density at radius 3 is 2.82 bits per heavy atom. The van der Waals surface area contributed by atoms with E-state index in [4.69, 9.17) is 17.3 Å². The van der Waals surface area contributed by atoms with Gasteiger partial charge in [0.2, 0.25) is 0 Å². The molecule has 0 aromatic carbocycles. The molecule has 0 atom stereocenters. The van der Waals surface area contributed by atoms with E-state index in [1.54, 1.807) is 0 Å². The summed E-state index contributed by atoms with van der Waals surface area (Å²) in [4.78, 5) is 1.05. The fraction of sp³-hybridized carbons (Fsp3) is 0.143. The predicted octanol–water partition coefficient (Wildman–Crippen LogP) is 3.14. The van der Waals surface area contributed by atoms with E-state index >= 15 is 0 Å². The van der Waals surface area contributed by atoms with E-state index in [9.17, 15) is 0 Å². The summed E-state index contributed by atoms with van der Waals surface area (Å²) in [7, 11) is 0. The minimum atomic E-state index is 0.475. The molecule has 0 unspecified atom stereocenters. The summed E-state index contributed by atoms with van der Waals surface area (Å²) in [5.74, 6) is 0. The summed E-state index contributed by atoms with van der Waals surface area (Å²) in [5, 5.41) is 0. The summed E-state index contributed by atoms with van der Waals surface area (Å²) >= 11 is 10.6. The van der Waals surface area contributed by atoms with Crippen LogP contribution in [0, 0.1) is 0 Å². The fourth-order valence-electron chi connectivity index (χ4n) is 0.621. The third-order valence-electron chi connectivity index (χ3n) is 1.24. The summed E-state index contributed by atoms with van der Waals surface area (Å²) in [5.41, 5.74) is 6.33. The molecule has 0 saturated heterocycles. The van der Waals surface area contributed by atoms with Crippen LogP contribution in [0.25, 0.3) is 5.57 Å². The van der Waals surface area contributed by atoms with Gasteiger partial charge in [-0.25, -0.2) is 0 Å². The number of hydrogen-bond donors (Lipinski definition) is 1. The molecular formula is C7H7BrClNS. The normalized spacial score (nSPS) is 10.1. The van der Waals surface area contributed by atoms with Gasteiger partial charge in [0.1, 0.15) is 4.34 Å². The maximum absolute atomic E-state index is 5.82. The Morgan fingerprint density at radius 1 is 1.82 bits per heavy atom. The zero-order chi connectivity index (χ0) is 8.43. The van der Waals surface area contributed by atoms with Crippen molar-refractivity contribution in [2.24, 2.45) is 5.73 Å². The van der Waals surface area contributed by atoms with E-state index in [2.05, 4.69) is 22.5 Å². The molecule has 11 heavy (non-hydrogen) atoms. The second-order valence-corrected chi connectivity index (χ2v) is 4.55. The average Bonchev–Trinajstić information content (AvgIpc) is 2.31. The molecule has 0 aliphatic heterocycles. The number of halogens is 2. The predicted molar refractivity (Wildman–Crippen MR) is 55.1 cm³/mol. The molecule has 0 amide bonds. The van der Waals surface area contributed by atoms with Gasteiger partial charge in [-0.15, -0.1) is 11.3 Å². The fourth-order valence-corrected chi connectivity index (χ4v) is 2.30. The molecule has 0 saturated carbocycles. The van der Waals surface area contributed by atoms with Crippen LogP contribution in [0.5, 0.6) is 0 Å². The van der Waals surface area contributed by atoms with E-state index < -0.39 is 0 Å². The van der Waals surface area contributed by atoms with E-state index in [1.807, 2.05) is 6.07 Å². The highest BCUT2D eigenvalue weighted by Crippen LogP contribution is 2.34. The van der Waals surface area contributed by atoms with Crippen LogP contribution in [-0.4, -0.2) is 6.54 Å². The van der Waals surface area contributed by atoms with Crippen LogP contribution in [0.15, 0.2) is 17.1 Å². The highest BCUT2D eigenvalue weighted by molar-refractivity contribution is 9.10. The maximum atomic E-state index is 5.82. The maximum Gasteiger partial charge on any atom is 0.108 e. The highest BCUT2D eigenvalue weighted by atomic mass is 79.9. The molecule has 1 heterocycles. The first kappa shape index (κ1) is 9.26. The first-order valence-corrected chi connectivity index (χ1v) is 4.97. The smallest absolute Gasteiger partial charge is 0.108 e. The third-order valence-corrected chi connectivity index (χ3v) is 3.82. The summed E-state index contributed by atoms with van der Waals surface area (Å²) < 4.78 is 1.66. The SMILES string of the molecule is C=C(CN)c1cc(Br)c(Cl)s1. The van der Waals surface area contributed by atoms with Crippen molar-refractivity contribution >= 4 is 44.4 Å². The van der Waals surface area contributed by atoms with Gasteiger partial charge in [-0.2, -0.15) is 0 Å². The molecule has 1 rings (SSSR count). The Labute approximate surface area is 83.0 Å². The van der Waals surface area contributed by atoms with E-state index in [0.29, 0.717) is 6.54 Å². The van der Waals surface area contributed by atoms with Crippen LogP contribution < -0.4 is 5.73 Å². The second-order valence-electron chi connectivity index (χ2n) is 2.04. The lowest BCUT2D eigenvalue weighted by molar-refractivity contribution is 1.28. The summed E-state index contributed by atoms with van der Waals surface area (Å²) in [6, 6.07) is 1.93. The van der Waals surface area contributed by atoms with Crippen molar-refractivity contribution in [2.75, 3.05) is 6.54 Å². The van der Waals surface area contributed by atoms with Crippen molar-refractivity contribution in [2.45, 2.75) is 0 Å². The van der Waals surface area contributed by atoms with Gasteiger partial charge in [0.15, 0.2) is 0 Å². The van der Waals surface area contributed by atoms with Crippen molar-refractivity contribution in [1.29, 1.82) is 0 Å². The lowest BCUT2D eigenvalue weighted by Gasteiger charge is -1.94. The molecule has 0 aliphatic rings. The molecule has 1 nitrogen and oxygen atoms in total. The molecular weight excluding hydrogens is 246 g/mol. The zero-order valence-electron chi connectivity index (χ0n) is 5.73. The number of rotatable bonds is 2. The van der Waals surface area contributed by atoms with E-state index in [-0.39, 0.29) is 0 Å². The average molecular weight is 253 g/mol. The molecule has 0 fully saturated rings. The summed E-state index contributed by atoms with van der Waals surface area (Å²) in [6.07, 6.45) is 0. The van der Waals surface area contributed by atoms with Crippen molar-refractivity contribution in [1.82, 2.24) is 0 Å². The molecule has 1 aromatic heterocycles. The minimum absolute atomic E-state index is 0.475. The van der Waals surface area contributed by atoms with Gasteiger partial charge in [0.05, 0.1) is 0 Å². The van der Waals surface area contributed by atoms with Crippen molar-refractivity contribution in [3.8, 4) is 0 Å². The van der Waals surface area contributed by atoms with Gasteiger partial charge in [-0.3, -0.25) is 0 Å². The Hall–Kier alpha value is 0.170. The van der Waals surface area contributed by atoms with Crippen LogP contribution in [0.1, 0.15) is 4.88 Å². The monoisotopic (exact) mass is 251 g/mol. The topological polar surface area (TPSA) is 26.0 Å². The quantitative estimate of drug-likeness (QED) is 0.860. The van der Waals surface area contributed by atoms with Gasteiger partial charge in [0, 0.05) is 15.9 Å². The van der Waals surface area contributed by atoms with E-state index in [0.717, 1.165) is 19.3 Å². The van der Waals surface area contributed by atoms with Gasteiger partial charge in [0.25, 0.3) is 0 Å². The molecule has 0 radical (unpaired) electrons. The standard InChI is InChI=1S/C7H7BrClNS/c1-4(3-10)6-2-5(8)7(9)11-6/h2H,1,3,10H2. The van der Waals surface area contributed by atoms with Gasteiger partial charge in [-0.1, -0.05) is 18.2 Å². The number of thiophene rings is 1. The number of nitrogens with two attached hydrogens (primary N) is 1. The van der Waals surface area contributed by atoms with Gasteiger partial charge in [-0.05, 0) is 27.6 Å². The van der Waals surface area contributed by atoms with Gasteiger partial charge >= 0.3 is 0 Å². The Balaban J connectivity index is 2.97. The highest BCUT2D eigenvalue weighted by Gasteiger charge is 2.05. The lowest BCUT2D eigenvalue weighted by Crippen LogP contribution is -1.98. The van der Waals surface area contributed by atoms with Crippen LogP contribution in [0.2, 0.25) is 4.34 Å². The van der Waals surface area contributed by atoms with Crippen molar-refractivity contribution in [3.63, 3.8) is 0 Å². The van der Waals surface area contributed by atoms with Gasteiger partial charge < -0.3 is 5.73 Å². The lowest BCUT2D eigenvalue weighted by atomic mass is 10.2. The Kier molecular flexibility index (Phi) is 3.13. The third kappa shape index (κ3) is 2.06. The molecule has 0 bridgehead atoms. The largest absolute Gasteiger partial charge is 0.326 e. The molecule has 0 aliphatic carbocycles. The zero-order valence-corrected chi connectivity index (χ0v) is 8.89. The van der Waals surface area contributed by atoms with Crippen molar-refractivity contribution in [3.05, 3.63) is 26.3 Å². The number of hydrogen-bond acceptors (Lipinski definition) is 2. The first-order valence-electron chi connectivity index (χ1n) is 2.98. The molecule has 60 valence electrons. The minimum Gasteiger partial charge on any atom is -0.326 e. The Morgan fingerprint density at radius 2 is 2.45 bits per heavy atom. The van der Waals surface area contributed by atoms with Crippen LogP contribution >= 0.6 is 38.9 Å². The van der Waals surface area contributed by atoms with Crippen LogP contribution in [0.4, 0.5) is 0 Å².